The van der Waals surface area contributed by atoms with Gasteiger partial charge in [0.1, 0.15) is 0 Å². The average Bonchev–Trinajstić information content (AvgIpc) is 2.57. The number of benzene rings is 2. The van der Waals surface area contributed by atoms with E-state index in [9.17, 15) is 0 Å². The molecular formula is C17H20N2S2. The van der Waals surface area contributed by atoms with Gasteiger partial charge in [0.25, 0.3) is 0 Å². The number of hydrazone groups is 1. The number of hydrogen-bond acceptors (Lipinski definition) is 4. The second-order valence-corrected chi connectivity index (χ2v) is 6.89. The molecule has 2 aromatic rings. The predicted molar refractivity (Wildman–Crippen MR) is 98.5 cm³/mol. The van der Waals surface area contributed by atoms with Crippen molar-refractivity contribution in [3.63, 3.8) is 0 Å². The van der Waals surface area contributed by atoms with Crippen LogP contribution in [-0.2, 0) is 0 Å². The zero-order valence-electron chi connectivity index (χ0n) is 12.3. The van der Waals surface area contributed by atoms with Gasteiger partial charge >= 0.3 is 0 Å². The summed E-state index contributed by atoms with van der Waals surface area (Å²) in [5, 5.41) is 4.64. The smallest absolute Gasteiger partial charge is 0.0698 e. The first kappa shape index (κ1) is 16.0. The molecule has 0 aliphatic rings. The second-order valence-electron chi connectivity index (χ2n) is 4.51. The van der Waals surface area contributed by atoms with Crippen molar-refractivity contribution in [2.45, 2.75) is 11.0 Å². The van der Waals surface area contributed by atoms with Gasteiger partial charge in [-0.2, -0.15) is 28.6 Å². The third-order valence-electron chi connectivity index (χ3n) is 3.09. The van der Waals surface area contributed by atoms with Crippen LogP contribution in [0.3, 0.4) is 0 Å². The van der Waals surface area contributed by atoms with Gasteiger partial charge in [0.15, 0.2) is 0 Å². The van der Waals surface area contributed by atoms with Crippen LogP contribution in [0.2, 0.25) is 0 Å². The van der Waals surface area contributed by atoms with Crippen LogP contribution in [0.4, 0.5) is 5.69 Å². The molecule has 2 rings (SSSR count). The van der Waals surface area contributed by atoms with Gasteiger partial charge in [-0.25, -0.2) is 0 Å². The van der Waals surface area contributed by atoms with Gasteiger partial charge in [-0.1, -0.05) is 48.5 Å². The lowest BCUT2D eigenvalue weighted by Gasteiger charge is -2.14. The molecule has 0 saturated carbocycles. The molecule has 2 nitrogen and oxygen atoms in total. The molecule has 0 bridgehead atoms. The molecule has 0 unspecified atom stereocenters. The highest BCUT2D eigenvalue weighted by Gasteiger charge is 2.11. The number of nitrogens with one attached hydrogen (secondary N) is 1. The number of hydrogen-bond donors (Lipinski definition) is 1. The predicted octanol–water partition coefficient (Wildman–Crippen LogP) is 4.95. The van der Waals surface area contributed by atoms with E-state index in [2.05, 4.69) is 47.3 Å². The Morgan fingerprint density at radius 3 is 2.10 bits per heavy atom. The molecule has 0 aliphatic heterocycles. The zero-order valence-corrected chi connectivity index (χ0v) is 14.0. The normalized spacial score (nSPS) is 11.7. The largest absolute Gasteiger partial charge is 0.278 e. The molecule has 0 aliphatic carbocycles. The third-order valence-corrected chi connectivity index (χ3v) is 5.63. The van der Waals surface area contributed by atoms with Gasteiger partial charge in [-0.05, 0) is 30.2 Å². The van der Waals surface area contributed by atoms with Crippen molar-refractivity contribution in [1.82, 2.24) is 0 Å². The Bertz CT molecular complexity index is 552. The third kappa shape index (κ3) is 5.14. The highest BCUT2D eigenvalue weighted by molar-refractivity contribution is 8.16. The van der Waals surface area contributed by atoms with Crippen molar-refractivity contribution in [2.24, 2.45) is 5.10 Å². The molecule has 4 heteroatoms. The molecular weight excluding hydrogens is 296 g/mol. The molecule has 0 aromatic heterocycles. The molecule has 0 amide bonds. The Morgan fingerprint density at radius 1 is 0.952 bits per heavy atom. The minimum atomic E-state index is 0.515. The van der Waals surface area contributed by atoms with Crippen LogP contribution in [0, 0.1) is 0 Å². The van der Waals surface area contributed by atoms with Crippen LogP contribution in [0.1, 0.15) is 12.0 Å². The Labute approximate surface area is 135 Å². The molecule has 1 N–H and O–H groups in total. The number of para-hydroxylation sites is 1. The number of thioether (sulfide) groups is 2. The van der Waals surface area contributed by atoms with Gasteiger partial charge in [-0.3, -0.25) is 5.43 Å². The first-order valence-corrected chi connectivity index (χ1v) is 9.39. The summed E-state index contributed by atoms with van der Waals surface area (Å²) in [5.74, 6) is 0. The van der Waals surface area contributed by atoms with Crippen molar-refractivity contribution in [3.8, 4) is 0 Å². The van der Waals surface area contributed by atoms with Gasteiger partial charge in [-0.15, -0.1) is 0 Å². The fourth-order valence-electron chi connectivity index (χ4n) is 1.92. The Hall–Kier alpha value is -1.39. The lowest BCUT2D eigenvalue weighted by Crippen LogP contribution is -2.10. The van der Waals surface area contributed by atoms with Gasteiger partial charge in [0.2, 0.25) is 0 Å². The maximum absolute atomic E-state index is 4.64. The molecule has 2 aromatic carbocycles. The maximum Gasteiger partial charge on any atom is 0.0698 e. The highest BCUT2D eigenvalue weighted by Crippen LogP contribution is 2.24. The first-order chi connectivity index (χ1) is 10.3. The average molecular weight is 316 g/mol. The number of nitrogens with zero attached hydrogens (tertiary/aromatic N) is 1. The van der Waals surface area contributed by atoms with Crippen LogP contribution in [0.5, 0.6) is 0 Å². The van der Waals surface area contributed by atoms with E-state index in [1.54, 1.807) is 0 Å². The zero-order chi connectivity index (χ0) is 14.9. The summed E-state index contributed by atoms with van der Waals surface area (Å²) in [6, 6.07) is 20.4. The molecule has 0 fully saturated rings. The monoisotopic (exact) mass is 316 g/mol. The molecule has 0 spiro atoms. The van der Waals surface area contributed by atoms with Crippen molar-refractivity contribution < 1.29 is 0 Å². The van der Waals surface area contributed by atoms with E-state index in [1.807, 2.05) is 59.9 Å². The highest BCUT2D eigenvalue weighted by atomic mass is 32.2. The molecule has 0 radical (unpaired) electrons. The summed E-state index contributed by atoms with van der Waals surface area (Å²) in [6.45, 7) is 0. The fraction of sp³-hybridized carbons (Fsp3) is 0.235. The van der Waals surface area contributed by atoms with Crippen molar-refractivity contribution in [1.29, 1.82) is 0 Å². The van der Waals surface area contributed by atoms with E-state index >= 15 is 0 Å². The molecule has 110 valence electrons. The van der Waals surface area contributed by atoms with Gasteiger partial charge in [0.05, 0.1) is 16.0 Å². The van der Waals surface area contributed by atoms with Crippen molar-refractivity contribution >= 4 is 34.9 Å². The topological polar surface area (TPSA) is 24.4 Å². The number of rotatable bonds is 7. The summed E-state index contributed by atoms with van der Waals surface area (Å²) in [4.78, 5) is 0. The number of anilines is 1. The van der Waals surface area contributed by atoms with E-state index < -0.39 is 0 Å². The van der Waals surface area contributed by atoms with E-state index in [0.29, 0.717) is 4.58 Å². The van der Waals surface area contributed by atoms with Crippen LogP contribution in [0.15, 0.2) is 65.8 Å². The molecule has 0 heterocycles. The quantitative estimate of drug-likeness (QED) is 0.444. The lowest BCUT2D eigenvalue weighted by atomic mass is 10.1. The van der Waals surface area contributed by atoms with Crippen LogP contribution in [0.25, 0.3) is 0 Å². The van der Waals surface area contributed by atoms with Gasteiger partial charge < -0.3 is 0 Å². The molecule has 21 heavy (non-hydrogen) atoms. The molecule has 0 atom stereocenters. The van der Waals surface area contributed by atoms with Crippen molar-refractivity contribution in [2.75, 3.05) is 17.9 Å². The first-order valence-electron chi connectivity index (χ1n) is 6.82. The maximum atomic E-state index is 4.64. The lowest BCUT2D eigenvalue weighted by molar-refractivity contribution is 1.19. The van der Waals surface area contributed by atoms with E-state index in [1.165, 1.54) is 5.56 Å². The summed E-state index contributed by atoms with van der Waals surface area (Å²) < 4.78 is 0.515. The minimum Gasteiger partial charge on any atom is -0.278 e. The summed E-state index contributed by atoms with van der Waals surface area (Å²) in [7, 11) is 0. The van der Waals surface area contributed by atoms with E-state index in [-0.39, 0.29) is 0 Å². The fourth-order valence-corrected chi connectivity index (χ4v) is 3.34. The molecule has 0 saturated heterocycles. The minimum absolute atomic E-state index is 0.515. The van der Waals surface area contributed by atoms with Crippen LogP contribution in [-0.4, -0.2) is 22.8 Å². The summed E-state index contributed by atoms with van der Waals surface area (Å²) in [6.07, 6.45) is 5.23. The Kier molecular flexibility index (Phi) is 6.70. The standard InChI is InChI=1S/C17H20N2S2/c1-20-17(21-2)13-16(14-9-5-3-6-10-14)19-18-15-11-7-4-8-12-15/h3-12,17-18H,13H2,1-2H3. The Balaban J connectivity index is 2.19. The SMILES string of the molecule is CSC(CC(=NNc1ccccc1)c1ccccc1)SC. The van der Waals surface area contributed by atoms with Gasteiger partial charge in [0, 0.05) is 6.42 Å². The Morgan fingerprint density at radius 2 is 1.52 bits per heavy atom. The van der Waals surface area contributed by atoms with E-state index in [0.717, 1.165) is 17.8 Å². The second kappa shape index (κ2) is 8.80. The van der Waals surface area contributed by atoms with Crippen molar-refractivity contribution in [3.05, 3.63) is 66.2 Å². The summed E-state index contributed by atoms with van der Waals surface area (Å²) >= 11 is 3.74. The van der Waals surface area contributed by atoms with E-state index in [4.69, 9.17) is 0 Å². The van der Waals surface area contributed by atoms with Crippen LogP contribution < -0.4 is 5.43 Å². The summed E-state index contributed by atoms with van der Waals surface area (Å²) in [5.41, 5.74) is 6.44. The van der Waals surface area contributed by atoms with Crippen LogP contribution >= 0.6 is 23.5 Å².